The van der Waals surface area contributed by atoms with Gasteiger partial charge in [0.1, 0.15) is 0 Å². The van der Waals surface area contributed by atoms with Gasteiger partial charge >= 0.3 is 0 Å². The molecule has 0 radical (unpaired) electrons. The number of piperidine rings is 1. The Kier molecular flexibility index (Phi) is 6.40. The van der Waals surface area contributed by atoms with Crippen LogP contribution in [0, 0.1) is 18.8 Å². The van der Waals surface area contributed by atoms with Gasteiger partial charge < -0.3 is 19.3 Å². The zero-order chi connectivity index (χ0) is 22.8. The molecule has 2 saturated heterocycles. The van der Waals surface area contributed by atoms with Crippen LogP contribution in [0.1, 0.15) is 43.4 Å². The normalized spacial score (nSPS) is 23.4. The van der Waals surface area contributed by atoms with E-state index in [2.05, 4.69) is 6.92 Å². The van der Waals surface area contributed by atoms with E-state index >= 15 is 0 Å². The molecule has 32 heavy (non-hydrogen) atoms. The summed E-state index contributed by atoms with van der Waals surface area (Å²) in [7, 11) is 3.20. The van der Waals surface area contributed by atoms with Crippen molar-refractivity contribution in [2.75, 3.05) is 32.2 Å². The number of likely N-dealkylation sites (tertiary alicyclic amines) is 1. The molecule has 3 atom stereocenters. The lowest BCUT2D eigenvalue weighted by Crippen LogP contribution is -2.49. The van der Waals surface area contributed by atoms with Crippen molar-refractivity contribution < 1.29 is 19.1 Å². The van der Waals surface area contributed by atoms with E-state index in [-0.39, 0.29) is 17.7 Å². The van der Waals surface area contributed by atoms with Gasteiger partial charge in [0, 0.05) is 25.2 Å². The minimum atomic E-state index is -0.401. The Bertz CT molecular complexity index is 988. The van der Waals surface area contributed by atoms with Crippen LogP contribution in [0.4, 0.5) is 5.69 Å². The Labute approximate surface area is 190 Å². The lowest BCUT2D eigenvalue weighted by molar-refractivity contribution is -0.137. The zero-order valence-electron chi connectivity index (χ0n) is 19.3. The molecule has 2 aliphatic heterocycles. The summed E-state index contributed by atoms with van der Waals surface area (Å²) >= 11 is 0. The summed E-state index contributed by atoms with van der Waals surface area (Å²) in [5.41, 5.74) is 2.81. The van der Waals surface area contributed by atoms with Crippen molar-refractivity contribution >= 4 is 17.5 Å². The molecule has 6 nitrogen and oxygen atoms in total. The average Bonchev–Trinajstić information content (AvgIpc) is 3.25. The maximum Gasteiger partial charge on any atom is 0.228 e. The fourth-order valence-electron chi connectivity index (χ4n) is 4.95. The van der Waals surface area contributed by atoms with Crippen LogP contribution in [-0.4, -0.2) is 44.0 Å². The Morgan fingerprint density at radius 2 is 1.72 bits per heavy atom. The Hall–Kier alpha value is -3.02. The number of hydrogen-bond donors (Lipinski definition) is 0. The number of nitrogens with zero attached hydrogens (tertiary/aromatic N) is 2. The van der Waals surface area contributed by atoms with E-state index in [1.54, 1.807) is 14.2 Å². The van der Waals surface area contributed by atoms with Crippen LogP contribution in [0.2, 0.25) is 0 Å². The largest absolute Gasteiger partial charge is 0.493 e. The monoisotopic (exact) mass is 436 g/mol. The third-order valence-electron chi connectivity index (χ3n) is 6.71. The molecule has 170 valence electrons. The third-order valence-corrected chi connectivity index (χ3v) is 6.71. The van der Waals surface area contributed by atoms with Gasteiger partial charge in [-0.25, -0.2) is 0 Å². The maximum absolute atomic E-state index is 13.7. The smallest absolute Gasteiger partial charge is 0.228 e. The predicted molar refractivity (Wildman–Crippen MR) is 124 cm³/mol. The SMILES string of the molecule is COc1ccc(C2C(C(=O)N3CCC(C)C3)CCC(=O)N2c2ccc(C)cc2)cc1OC. The quantitative estimate of drug-likeness (QED) is 0.699. The van der Waals surface area contributed by atoms with Gasteiger partial charge in [0.2, 0.25) is 11.8 Å². The summed E-state index contributed by atoms with van der Waals surface area (Å²) in [6.07, 6.45) is 1.93. The van der Waals surface area contributed by atoms with Crippen LogP contribution in [0.15, 0.2) is 42.5 Å². The number of carbonyl (C=O) groups excluding carboxylic acids is 2. The van der Waals surface area contributed by atoms with Crippen molar-refractivity contribution in [3.05, 3.63) is 53.6 Å². The molecule has 0 bridgehead atoms. The number of benzene rings is 2. The molecule has 2 heterocycles. The van der Waals surface area contributed by atoms with E-state index in [9.17, 15) is 9.59 Å². The molecule has 0 N–H and O–H groups in total. The summed E-state index contributed by atoms with van der Waals surface area (Å²) in [6.45, 7) is 5.77. The topological polar surface area (TPSA) is 59.1 Å². The molecular weight excluding hydrogens is 404 g/mol. The van der Waals surface area contributed by atoms with Gasteiger partial charge in [-0.05, 0) is 55.5 Å². The fraction of sp³-hybridized carbons (Fsp3) is 0.462. The van der Waals surface area contributed by atoms with Crippen LogP contribution in [-0.2, 0) is 9.59 Å². The first-order valence-corrected chi connectivity index (χ1v) is 11.3. The highest BCUT2D eigenvalue weighted by molar-refractivity contribution is 5.97. The molecule has 0 aromatic heterocycles. The summed E-state index contributed by atoms with van der Waals surface area (Å²) in [5, 5.41) is 0. The second-order valence-electron chi connectivity index (χ2n) is 8.98. The Morgan fingerprint density at radius 1 is 1.00 bits per heavy atom. The molecule has 2 fully saturated rings. The van der Waals surface area contributed by atoms with Crippen molar-refractivity contribution in [3.8, 4) is 11.5 Å². The van der Waals surface area contributed by atoms with Crippen LogP contribution < -0.4 is 14.4 Å². The number of methoxy groups -OCH3 is 2. The van der Waals surface area contributed by atoms with E-state index in [1.165, 1.54) is 0 Å². The highest BCUT2D eigenvalue weighted by Gasteiger charge is 2.44. The first-order chi connectivity index (χ1) is 15.4. The zero-order valence-corrected chi connectivity index (χ0v) is 19.3. The van der Waals surface area contributed by atoms with E-state index in [4.69, 9.17) is 9.47 Å². The van der Waals surface area contributed by atoms with E-state index in [0.717, 1.165) is 36.3 Å². The van der Waals surface area contributed by atoms with E-state index < -0.39 is 6.04 Å². The van der Waals surface area contributed by atoms with Crippen molar-refractivity contribution in [2.24, 2.45) is 11.8 Å². The minimum Gasteiger partial charge on any atom is -0.493 e. The van der Waals surface area contributed by atoms with Crippen molar-refractivity contribution in [2.45, 2.75) is 39.2 Å². The summed E-state index contributed by atoms with van der Waals surface area (Å²) in [4.78, 5) is 30.7. The van der Waals surface area contributed by atoms with Crippen molar-refractivity contribution in [1.29, 1.82) is 0 Å². The maximum atomic E-state index is 13.7. The van der Waals surface area contributed by atoms with Gasteiger partial charge in [-0.2, -0.15) is 0 Å². The number of carbonyl (C=O) groups is 2. The van der Waals surface area contributed by atoms with Crippen LogP contribution in [0.3, 0.4) is 0 Å². The first-order valence-electron chi connectivity index (χ1n) is 11.3. The van der Waals surface area contributed by atoms with Gasteiger partial charge in [-0.15, -0.1) is 0 Å². The molecule has 4 rings (SSSR count). The molecule has 3 unspecified atom stereocenters. The van der Waals surface area contributed by atoms with Gasteiger partial charge in [0.15, 0.2) is 11.5 Å². The Morgan fingerprint density at radius 3 is 2.34 bits per heavy atom. The van der Waals surface area contributed by atoms with Gasteiger partial charge in [-0.3, -0.25) is 9.59 Å². The highest BCUT2D eigenvalue weighted by atomic mass is 16.5. The number of anilines is 1. The summed E-state index contributed by atoms with van der Waals surface area (Å²) in [6, 6.07) is 13.2. The van der Waals surface area contributed by atoms with Crippen LogP contribution in [0.25, 0.3) is 0 Å². The van der Waals surface area contributed by atoms with Crippen LogP contribution >= 0.6 is 0 Å². The van der Waals surface area contributed by atoms with Crippen molar-refractivity contribution in [3.63, 3.8) is 0 Å². The second kappa shape index (κ2) is 9.23. The number of amides is 2. The summed E-state index contributed by atoms with van der Waals surface area (Å²) < 4.78 is 10.9. The molecule has 2 aromatic rings. The minimum absolute atomic E-state index is 0.0347. The van der Waals surface area contributed by atoms with Crippen LogP contribution in [0.5, 0.6) is 11.5 Å². The third kappa shape index (κ3) is 4.18. The van der Waals surface area contributed by atoms with Crippen molar-refractivity contribution in [1.82, 2.24) is 4.90 Å². The lowest BCUT2D eigenvalue weighted by atomic mass is 9.82. The molecule has 2 aliphatic rings. The molecule has 6 heteroatoms. The lowest BCUT2D eigenvalue weighted by Gasteiger charge is -2.42. The fourth-order valence-corrected chi connectivity index (χ4v) is 4.95. The standard InChI is InChI=1S/C26H32N2O4/c1-17-5-8-20(9-6-17)28-24(29)12-10-21(26(30)27-14-13-18(2)16-27)25(28)19-7-11-22(31-3)23(15-19)32-4/h5-9,11,15,18,21,25H,10,12-14,16H2,1-4H3. The number of aryl methyl sites for hydroxylation is 1. The number of hydrogen-bond acceptors (Lipinski definition) is 4. The number of rotatable bonds is 5. The van der Waals surface area contributed by atoms with Gasteiger partial charge in [0.05, 0.1) is 26.2 Å². The predicted octanol–water partition coefficient (Wildman–Crippen LogP) is 4.36. The van der Waals surface area contributed by atoms with E-state index in [1.807, 2.05) is 59.2 Å². The van der Waals surface area contributed by atoms with Gasteiger partial charge in [0.25, 0.3) is 0 Å². The second-order valence-corrected chi connectivity index (χ2v) is 8.98. The van der Waals surface area contributed by atoms with Gasteiger partial charge in [-0.1, -0.05) is 30.7 Å². The molecular formula is C26H32N2O4. The molecule has 2 aromatic carbocycles. The molecule has 0 spiro atoms. The number of ether oxygens (including phenoxy) is 2. The molecule has 0 aliphatic carbocycles. The molecule has 0 saturated carbocycles. The van der Waals surface area contributed by atoms with E-state index in [0.29, 0.717) is 30.3 Å². The first kappa shape index (κ1) is 22.2. The average molecular weight is 437 g/mol. The highest BCUT2D eigenvalue weighted by Crippen LogP contribution is 2.43. The summed E-state index contributed by atoms with van der Waals surface area (Å²) in [5.74, 6) is 1.59. The Balaban J connectivity index is 1.79. The molecule has 2 amide bonds.